The number of thioether (sulfide) groups is 1. The molecular weight excluding hydrogens is 286 g/mol. The number of amides is 1. The van der Waals surface area contributed by atoms with Crippen LogP contribution in [0.2, 0.25) is 0 Å². The van der Waals surface area contributed by atoms with Crippen molar-refractivity contribution in [3.63, 3.8) is 0 Å². The minimum absolute atomic E-state index is 0.169. The molecule has 1 aromatic heterocycles. The number of carbonyl (C=O) groups excluding carboxylic acids is 1. The molecule has 1 heterocycles. The van der Waals surface area contributed by atoms with Crippen LogP contribution < -0.4 is 5.48 Å². The summed E-state index contributed by atoms with van der Waals surface area (Å²) >= 11 is 1.38. The molecule has 0 fully saturated rings. The first-order valence-corrected chi connectivity index (χ1v) is 7.74. The molecule has 0 spiro atoms. The summed E-state index contributed by atoms with van der Waals surface area (Å²) in [5.41, 5.74) is 5.82. The Morgan fingerprint density at radius 1 is 1.43 bits per heavy atom. The number of carbonyl (C=O) groups is 1. The Labute approximate surface area is 128 Å². The minimum atomic E-state index is -0.169. The largest absolute Gasteiger partial charge is 0.295 e. The van der Waals surface area contributed by atoms with Crippen LogP contribution >= 0.6 is 11.8 Å². The molecule has 0 aliphatic heterocycles. The number of nitrogens with zero attached hydrogens (tertiary/aromatic N) is 2. The Morgan fingerprint density at radius 3 is 3.00 bits per heavy atom. The van der Waals surface area contributed by atoms with Crippen LogP contribution in [0.4, 0.5) is 0 Å². The third-order valence-electron chi connectivity index (χ3n) is 2.89. The second-order valence-electron chi connectivity index (χ2n) is 4.62. The van der Waals surface area contributed by atoms with Gasteiger partial charge in [-0.25, -0.2) is 10.5 Å². The Kier molecular flexibility index (Phi) is 5.41. The number of benzene rings is 1. The molecule has 21 heavy (non-hydrogen) atoms. The lowest BCUT2D eigenvalue weighted by molar-refractivity contribution is -0.130. The number of imidazole rings is 1. The number of nitrogens with one attached hydrogen (secondary N) is 1. The van der Waals surface area contributed by atoms with Gasteiger partial charge in [0.15, 0.2) is 5.16 Å². The summed E-state index contributed by atoms with van der Waals surface area (Å²) in [5, 5.41) is 0.787. The van der Waals surface area contributed by atoms with E-state index in [0.717, 1.165) is 10.8 Å². The molecule has 5 nitrogen and oxygen atoms in total. The summed E-state index contributed by atoms with van der Waals surface area (Å²) in [6.07, 6.45) is 3.65. The Bertz CT molecular complexity index is 625. The van der Waals surface area contributed by atoms with E-state index in [1.165, 1.54) is 22.9 Å². The van der Waals surface area contributed by atoms with Crippen molar-refractivity contribution in [2.75, 3.05) is 12.4 Å². The molecule has 0 radical (unpaired) electrons. The monoisotopic (exact) mass is 305 g/mol. The van der Waals surface area contributed by atoms with Crippen molar-refractivity contribution in [1.29, 1.82) is 0 Å². The Hall–Kier alpha value is -1.79. The minimum Gasteiger partial charge on any atom is -0.295 e. The van der Waals surface area contributed by atoms with Crippen molar-refractivity contribution >= 4 is 17.7 Å². The zero-order chi connectivity index (χ0) is 15.2. The molecule has 0 saturated heterocycles. The predicted molar refractivity (Wildman–Crippen MR) is 83.5 cm³/mol. The molecule has 0 unspecified atom stereocenters. The smallest absolute Gasteiger partial charge is 0.254 e. The Balaban J connectivity index is 2.12. The van der Waals surface area contributed by atoms with E-state index in [4.69, 9.17) is 4.84 Å². The predicted octanol–water partition coefficient (Wildman–Crippen LogP) is 2.65. The molecule has 1 N–H and O–H groups in total. The molecule has 0 aliphatic carbocycles. The van der Waals surface area contributed by atoms with E-state index in [1.54, 1.807) is 6.20 Å². The summed E-state index contributed by atoms with van der Waals surface area (Å²) in [5.74, 6) is 0.0966. The van der Waals surface area contributed by atoms with Crippen molar-refractivity contribution in [3.05, 3.63) is 41.7 Å². The van der Waals surface area contributed by atoms with E-state index in [-0.39, 0.29) is 11.7 Å². The molecule has 2 aromatic rings. The van der Waals surface area contributed by atoms with E-state index in [9.17, 15) is 4.79 Å². The lowest BCUT2D eigenvalue weighted by Gasteiger charge is -2.11. The molecule has 0 saturated carbocycles. The molecule has 2 rings (SSSR count). The van der Waals surface area contributed by atoms with Gasteiger partial charge in [0.1, 0.15) is 0 Å². The van der Waals surface area contributed by atoms with Crippen molar-refractivity contribution < 1.29 is 9.63 Å². The van der Waals surface area contributed by atoms with Gasteiger partial charge >= 0.3 is 0 Å². The van der Waals surface area contributed by atoms with Crippen LogP contribution in [0.1, 0.15) is 18.1 Å². The topological polar surface area (TPSA) is 56.1 Å². The molecule has 112 valence electrons. The normalized spacial score (nSPS) is 10.6. The highest BCUT2D eigenvalue weighted by Gasteiger charge is 2.10. The summed E-state index contributed by atoms with van der Waals surface area (Å²) in [6.45, 7) is 6.39. The first-order chi connectivity index (χ1) is 10.1. The number of hydrogen-bond acceptors (Lipinski definition) is 4. The van der Waals surface area contributed by atoms with E-state index >= 15 is 0 Å². The second-order valence-corrected chi connectivity index (χ2v) is 5.56. The first-order valence-electron chi connectivity index (χ1n) is 6.76. The van der Waals surface area contributed by atoms with Crippen LogP contribution in [0.25, 0.3) is 5.69 Å². The summed E-state index contributed by atoms with van der Waals surface area (Å²) in [6, 6.07) is 6.28. The van der Waals surface area contributed by atoms with Gasteiger partial charge in [-0.05, 0) is 38.0 Å². The quantitative estimate of drug-likeness (QED) is 0.658. The fraction of sp³-hybridized carbons (Fsp3) is 0.333. The molecule has 1 amide bonds. The second kappa shape index (κ2) is 7.28. The highest BCUT2D eigenvalue weighted by atomic mass is 32.2. The highest BCUT2D eigenvalue weighted by Crippen LogP contribution is 2.23. The average molecular weight is 305 g/mol. The van der Waals surface area contributed by atoms with Gasteiger partial charge in [0, 0.05) is 12.4 Å². The van der Waals surface area contributed by atoms with Crippen LogP contribution in [0.3, 0.4) is 0 Å². The van der Waals surface area contributed by atoms with Gasteiger partial charge in [-0.1, -0.05) is 23.9 Å². The van der Waals surface area contributed by atoms with Crippen molar-refractivity contribution in [1.82, 2.24) is 15.0 Å². The number of aromatic nitrogens is 2. The molecule has 0 atom stereocenters. The van der Waals surface area contributed by atoms with E-state index in [0.29, 0.717) is 6.61 Å². The number of hydrogen-bond donors (Lipinski definition) is 1. The SMILES string of the molecule is CCONC(=O)CSc1nccn1-c1cc(C)ccc1C. The maximum Gasteiger partial charge on any atom is 0.254 e. The van der Waals surface area contributed by atoms with Crippen LogP contribution in [-0.4, -0.2) is 27.8 Å². The average Bonchev–Trinajstić information content (AvgIpc) is 2.93. The standard InChI is InChI=1S/C15H19N3O2S/c1-4-20-17-14(19)10-21-15-16-7-8-18(15)13-9-11(2)5-6-12(13)3/h5-9H,4,10H2,1-3H3,(H,17,19). The van der Waals surface area contributed by atoms with Crippen LogP contribution in [0, 0.1) is 13.8 Å². The number of hydroxylamine groups is 1. The van der Waals surface area contributed by atoms with Crippen LogP contribution in [0.15, 0.2) is 35.7 Å². The van der Waals surface area contributed by atoms with Gasteiger partial charge in [-0.2, -0.15) is 0 Å². The van der Waals surface area contributed by atoms with E-state index in [2.05, 4.69) is 42.5 Å². The van der Waals surface area contributed by atoms with Gasteiger partial charge < -0.3 is 0 Å². The highest BCUT2D eigenvalue weighted by molar-refractivity contribution is 7.99. The van der Waals surface area contributed by atoms with Gasteiger partial charge in [-0.15, -0.1) is 0 Å². The maximum absolute atomic E-state index is 11.6. The van der Waals surface area contributed by atoms with Crippen molar-refractivity contribution in [2.24, 2.45) is 0 Å². The third kappa shape index (κ3) is 4.09. The molecule has 6 heteroatoms. The lowest BCUT2D eigenvalue weighted by atomic mass is 10.1. The Morgan fingerprint density at radius 2 is 2.24 bits per heavy atom. The fourth-order valence-corrected chi connectivity index (χ4v) is 2.62. The summed E-state index contributed by atoms with van der Waals surface area (Å²) in [7, 11) is 0. The summed E-state index contributed by atoms with van der Waals surface area (Å²) < 4.78 is 2.00. The molecule has 0 aliphatic rings. The van der Waals surface area contributed by atoms with E-state index < -0.39 is 0 Å². The lowest BCUT2D eigenvalue weighted by Crippen LogP contribution is -2.25. The summed E-state index contributed by atoms with van der Waals surface area (Å²) in [4.78, 5) is 20.8. The van der Waals surface area contributed by atoms with Crippen LogP contribution in [-0.2, 0) is 9.63 Å². The van der Waals surface area contributed by atoms with Crippen LogP contribution in [0.5, 0.6) is 0 Å². The van der Waals surface area contributed by atoms with Crippen molar-refractivity contribution in [2.45, 2.75) is 25.9 Å². The number of rotatable bonds is 6. The molecule has 1 aromatic carbocycles. The van der Waals surface area contributed by atoms with Gasteiger partial charge in [0.25, 0.3) is 5.91 Å². The fourth-order valence-electron chi connectivity index (χ4n) is 1.87. The van der Waals surface area contributed by atoms with Crippen molar-refractivity contribution in [3.8, 4) is 5.69 Å². The first kappa shape index (κ1) is 15.6. The van der Waals surface area contributed by atoms with Gasteiger partial charge in [0.05, 0.1) is 18.0 Å². The zero-order valence-electron chi connectivity index (χ0n) is 12.4. The third-order valence-corrected chi connectivity index (χ3v) is 3.86. The zero-order valence-corrected chi connectivity index (χ0v) is 13.2. The number of aryl methyl sites for hydroxylation is 2. The molecular formula is C15H19N3O2S. The molecule has 0 bridgehead atoms. The maximum atomic E-state index is 11.6. The van der Waals surface area contributed by atoms with Gasteiger partial charge in [-0.3, -0.25) is 14.2 Å². The van der Waals surface area contributed by atoms with Gasteiger partial charge in [0.2, 0.25) is 0 Å². The van der Waals surface area contributed by atoms with E-state index in [1.807, 2.05) is 17.7 Å².